The van der Waals surface area contributed by atoms with Crippen LogP contribution in [-0.2, 0) is 21.0 Å². The van der Waals surface area contributed by atoms with Gasteiger partial charge in [0.25, 0.3) is 0 Å². The predicted molar refractivity (Wildman–Crippen MR) is 113 cm³/mol. The maximum Gasteiger partial charge on any atom is 0.416 e. The molecule has 6 nitrogen and oxygen atoms in total. The van der Waals surface area contributed by atoms with Crippen molar-refractivity contribution in [2.75, 3.05) is 23.7 Å². The number of nitrogens with one attached hydrogen (secondary N) is 1. The normalized spacial score (nSPS) is 12.9. The van der Waals surface area contributed by atoms with Crippen LogP contribution in [0.15, 0.2) is 42.5 Å². The fourth-order valence-corrected chi connectivity index (χ4v) is 4.12. The molecular formula is C20H22ClF3N2O4S. The van der Waals surface area contributed by atoms with Gasteiger partial charge in [0.2, 0.25) is 15.9 Å². The van der Waals surface area contributed by atoms with Gasteiger partial charge in [-0.15, -0.1) is 0 Å². The van der Waals surface area contributed by atoms with Crippen molar-refractivity contribution >= 4 is 33.2 Å². The number of aryl methyl sites for hydroxylation is 1. The summed E-state index contributed by atoms with van der Waals surface area (Å²) in [5, 5.41) is 3.05. The number of amides is 1. The van der Waals surface area contributed by atoms with Crippen LogP contribution in [0.1, 0.15) is 18.1 Å². The number of benzene rings is 2. The number of anilines is 1. The van der Waals surface area contributed by atoms with E-state index in [1.54, 1.807) is 18.2 Å². The van der Waals surface area contributed by atoms with Crippen LogP contribution >= 0.6 is 11.6 Å². The molecule has 11 heteroatoms. The summed E-state index contributed by atoms with van der Waals surface area (Å²) in [6, 6.07) is 7.62. The fourth-order valence-electron chi connectivity index (χ4n) is 2.78. The lowest BCUT2D eigenvalue weighted by Gasteiger charge is -2.28. The van der Waals surface area contributed by atoms with Crippen LogP contribution in [0.25, 0.3) is 0 Å². The summed E-state index contributed by atoms with van der Waals surface area (Å²) in [6.07, 6.45) is -3.83. The van der Waals surface area contributed by atoms with E-state index in [4.69, 9.17) is 16.3 Å². The van der Waals surface area contributed by atoms with E-state index in [1.165, 1.54) is 13.0 Å². The van der Waals surface area contributed by atoms with Crippen molar-refractivity contribution in [2.45, 2.75) is 26.1 Å². The first-order valence-electron chi connectivity index (χ1n) is 9.14. The summed E-state index contributed by atoms with van der Waals surface area (Å²) < 4.78 is 69.6. The first-order chi connectivity index (χ1) is 14.3. The number of nitrogens with zero attached hydrogens (tertiary/aromatic N) is 1. The number of hydrogen-bond acceptors (Lipinski definition) is 4. The molecule has 0 aliphatic carbocycles. The molecule has 0 aliphatic heterocycles. The average Bonchev–Trinajstić information content (AvgIpc) is 2.66. The second-order valence-corrected chi connectivity index (χ2v) is 9.10. The Morgan fingerprint density at radius 2 is 1.90 bits per heavy atom. The van der Waals surface area contributed by atoms with E-state index in [-0.39, 0.29) is 18.8 Å². The molecule has 1 amide bonds. The number of hydrogen-bond donors (Lipinski definition) is 1. The maximum absolute atomic E-state index is 13.0. The van der Waals surface area contributed by atoms with Gasteiger partial charge >= 0.3 is 6.18 Å². The molecule has 0 saturated heterocycles. The molecule has 0 aromatic heterocycles. The smallest absolute Gasteiger partial charge is 0.416 e. The minimum atomic E-state index is -4.65. The first-order valence-corrected chi connectivity index (χ1v) is 11.4. The number of sulfonamides is 1. The third-order valence-corrected chi connectivity index (χ3v) is 5.98. The highest BCUT2D eigenvalue weighted by Crippen LogP contribution is 2.32. The molecule has 0 spiro atoms. The Morgan fingerprint density at radius 3 is 2.48 bits per heavy atom. The lowest BCUT2D eigenvalue weighted by atomic mass is 10.2. The van der Waals surface area contributed by atoms with Gasteiger partial charge in [-0.05, 0) is 49.7 Å². The molecule has 0 bridgehead atoms. The van der Waals surface area contributed by atoms with E-state index in [2.05, 4.69) is 5.32 Å². The molecular weight excluding hydrogens is 457 g/mol. The molecule has 1 atom stereocenters. The molecule has 0 aliphatic rings. The first kappa shape index (κ1) is 24.8. The molecule has 2 aromatic rings. The number of carbonyl (C=O) groups is 1. The number of carbonyl (C=O) groups excluding carboxylic acids is 1. The molecule has 2 aromatic carbocycles. The van der Waals surface area contributed by atoms with Crippen molar-refractivity contribution in [3.8, 4) is 5.75 Å². The SMILES string of the molecule is Cc1ccc(OCCNC(=O)[C@H](C)N(c2cccc(C(F)(F)F)c2)S(C)(=O)=O)cc1Cl. The zero-order chi connectivity index (χ0) is 23.4. The highest BCUT2D eigenvalue weighted by Gasteiger charge is 2.34. The van der Waals surface area contributed by atoms with Gasteiger partial charge in [0.05, 0.1) is 24.1 Å². The quantitative estimate of drug-likeness (QED) is 0.581. The molecule has 0 fully saturated rings. The zero-order valence-electron chi connectivity index (χ0n) is 17.0. The summed E-state index contributed by atoms with van der Waals surface area (Å²) in [5.74, 6) is -0.187. The van der Waals surface area contributed by atoms with Crippen molar-refractivity contribution in [3.05, 3.63) is 58.6 Å². The van der Waals surface area contributed by atoms with Crippen LogP contribution in [0.4, 0.5) is 18.9 Å². The van der Waals surface area contributed by atoms with Crippen LogP contribution in [0.3, 0.4) is 0 Å². The monoisotopic (exact) mass is 478 g/mol. The largest absolute Gasteiger partial charge is 0.492 e. The number of rotatable bonds is 8. The van der Waals surface area contributed by atoms with Gasteiger partial charge in [0.15, 0.2) is 0 Å². The van der Waals surface area contributed by atoms with Crippen LogP contribution in [0.5, 0.6) is 5.75 Å². The third kappa shape index (κ3) is 6.76. The van der Waals surface area contributed by atoms with Gasteiger partial charge in [-0.2, -0.15) is 13.2 Å². The third-order valence-electron chi connectivity index (χ3n) is 4.33. The van der Waals surface area contributed by atoms with Crippen molar-refractivity contribution in [3.63, 3.8) is 0 Å². The fraction of sp³-hybridized carbons (Fsp3) is 0.350. The lowest BCUT2D eigenvalue weighted by molar-refractivity contribution is -0.137. The van der Waals surface area contributed by atoms with Gasteiger partial charge in [-0.3, -0.25) is 9.10 Å². The summed E-state index contributed by atoms with van der Waals surface area (Å²) >= 11 is 6.01. The highest BCUT2D eigenvalue weighted by atomic mass is 35.5. The van der Waals surface area contributed by atoms with E-state index in [0.717, 1.165) is 24.0 Å². The maximum atomic E-state index is 13.0. The van der Waals surface area contributed by atoms with Crippen LogP contribution in [-0.4, -0.2) is 39.8 Å². The van der Waals surface area contributed by atoms with Gasteiger partial charge in [0, 0.05) is 5.02 Å². The summed E-state index contributed by atoms with van der Waals surface area (Å²) in [5.41, 5.74) is -0.395. The second kappa shape index (κ2) is 9.78. The van der Waals surface area contributed by atoms with E-state index in [0.29, 0.717) is 21.1 Å². The van der Waals surface area contributed by atoms with Gasteiger partial charge in [0.1, 0.15) is 18.4 Å². The van der Waals surface area contributed by atoms with Crippen LogP contribution in [0, 0.1) is 6.92 Å². The van der Waals surface area contributed by atoms with Crippen molar-refractivity contribution in [1.82, 2.24) is 5.32 Å². The standard InChI is InChI=1S/C20H22ClF3N2O4S/c1-13-7-8-17(12-18(13)21)30-10-9-25-19(27)14(2)26(31(3,28)29)16-6-4-5-15(11-16)20(22,23)24/h4-8,11-12,14H,9-10H2,1-3H3,(H,25,27)/t14-/m0/s1. The van der Waals surface area contributed by atoms with Gasteiger partial charge in [-0.25, -0.2) is 8.42 Å². The molecule has 170 valence electrons. The van der Waals surface area contributed by atoms with Gasteiger partial charge in [-0.1, -0.05) is 23.7 Å². The van der Waals surface area contributed by atoms with Crippen LogP contribution in [0.2, 0.25) is 5.02 Å². The van der Waals surface area contributed by atoms with Crippen molar-refractivity contribution in [2.24, 2.45) is 0 Å². The number of ether oxygens (including phenoxy) is 1. The highest BCUT2D eigenvalue weighted by molar-refractivity contribution is 7.92. The Morgan fingerprint density at radius 1 is 1.23 bits per heavy atom. The minimum Gasteiger partial charge on any atom is -0.492 e. The number of halogens is 4. The van der Waals surface area contributed by atoms with E-state index in [1.807, 2.05) is 6.92 Å². The van der Waals surface area contributed by atoms with Crippen molar-refractivity contribution < 1.29 is 31.1 Å². The van der Waals surface area contributed by atoms with E-state index < -0.39 is 33.7 Å². The van der Waals surface area contributed by atoms with Crippen molar-refractivity contribution in [1.29, 1.82) is 0 Å². The Bertz CT molecular complexity index is 1040. The molecule has 31 heavy (non-hydrogen) atoms. The average molecular weight is 479 g/mol. The second-order valence-electron chi connectivity index (χ2n) is 6.83. The van der Waals surface area contributed by atoms with E-state index in [9.17, 15) is 26.4 Å². The van der Waals surface area contributed by atoms with Gasteiger partial charge < -0.3 is 10.1 Å². The Labute approximate surface area is 184 Å². The molecule has 0 unspecified atom stereocenters. The Hall–Kier alpha value is -2.46. The van der Waals surface area contributed by atoms with E-state index >= 15 is 0 Å². The predicted octanol–water partition coefficient (Wildman–Crippen LogP) is 4.02. The molecule has 2 rings (SSSR count). The van der Waals surface area contributed by atoms with Crippen LogP contribution < -0.4 is 14.4 Å². The number of alkyl halides is 3. The Kier molecular flexibility index (Phi) is 7.82. The molecule has 0 radical (unpaired) electrons. The summed E-state index contributed by atoms with van der Waals surface area (Å²) in [7, 11) is -4.05. The molecule has 0 saturated carbocycles. The molecule has 1 N–H and O–H groups in total. The summed E-state index contributed by atoms with van der Waals surface area (Å²) in [4.78, 5) is 12.5. The molecule has 0 heterocycles. The lowest BCUT2D eigenvalue weighted by Crippen LogP contribution is -2.48. The Balaban J connectivity index is 2.07. The summed E-state index contributed by atoms with van der Waals surface area (Å²) in [6.45, 7) is 3.26. The minimum absolute atomic E-state index is 0.0505. The zero-order valence-corrected chi connectivity index (χ0v) is 18.6. The topological polar surface area (TPSA) is 75.7 Å².